The molecule has 2 aromatic carbocycles. The van der Waals surface area contributed by atoms with Gasteiger partial charge < -0.3 is 14.8 Å². The van der Waals surface area contributed by atoms with E-state index in [-0.39, 0.29) is 12.5 Å². The number of nitrogens with one attached hydrogen (secondary N) is 1. The topological polar surface area (TPSA) is 84.9 Å². The summed E-state index contributed by atoms with van der Waals surface area (Å²) in [6, 6.07) is 12.5. The minimum Gasteiger partial charge on any atom is -0.486 e. The van der Waals surface area contributed by atoms with Crippen molar-refractivity contribution >= 4 is 45.0 Å². The Hall–Kier alpha value is -2.10. The quantitative estimate of drug-likeness (QED) is 0.521. The van der Waals surface area contributed by atoms with E-state index in [0.29, 0.717) is 36.9 Å². The lowest BCUT2D eigenvalue weighted by Gasteiger charge is -2.24. The van der Waals surface area contributed by atoms with Crippen molar-refractivity contribution in [3.8, 4) is 11.5 Å². The predicted molar refractivity (Wildman–Crippen MR) is 125 cm³/mol. The molecule has 31 heavy (non-hydrogen) atoms. The van der Waals surface area contributed by atoms with Crippen LogP contribution in [0.25, 0.3) is 0 Å². The van der Waals surface area contributed by atoms with Gasteiger partial charge >= 0.3 is 0 Å². The molecule has 1 heterocycles. The highest BCUT2D eigenvalue weighted by molar-refractivity contribution is 7.98. The minimum atomic E-state index is -3.65. The Kier molecular flexibility index (Phi) is 8.34. The van der Waals surface area contributed by atoms with Crippen LogP contribution in [0.5, 0.6) is 11.5 Å². The van der Waals surface area contributed by atoms with Crippen molar-refractivity contribution < 1.29 is 22.7 Å². The van der Waals surface area contributed by atoms with Crippen molar-refractivity contribution in [3.05, 3.63) is 53.1 Å². The lowest BCUT2D eigenvalue weighted by molar-refractivity contribution is -0.119. The number of hydrogen-bond acceptors (Lipinski definition) is 6. The van der Waals surface area contributed by atoms with Gasteiger partial charge in [0.15, 0.2) is 11.5 Å². The van der Waals surface area contributed by atoms with Crippen LogP contribution in [0.3, 0.4) is 0 Å². The molecule has 1 aliphatic rings. The van der Waals surface area contributed by atoms with Crippen LogP contribution in [0.15, 0.2) is 42.5 Å². The number of hydrogen-bond donors (Lipinski definition) is 1. The average Bonchev–Trinajstić information content (AvgIpc) is 2.74. The number of carbonyl (C=O) groups excluding carboxylic acids is 1. The Balaban J connectivity index is 1.47. The molecule has 0 saturated heterocycles. The zero-order valence-electron chi connectivity index (χ0n) is 17.2. The van der Waals surface area contributed by atoms with Crippen LogP contribution in [0.1, 0.15) is 12.0 Å². The summed E-state index contributed by atoms with van der Waals surface area (Å²) in [5.74, 6) is 2.32. The molecule has 0 bridgehead atoms. The Morgan fingerprint density at radius 2 is 1.90 bits per heavy atom. The molecule has 0 saturated carbocycles. The van der Waals surface area contributed by atoms with E-state index in [1.165, 1.54) is 0 Å². The average molecular weight is 485 g/mol. The van der Waals surface area contributed by atoms with Gasteiger partial charge in [-0.15, -0.1) is 0 Å². The van der Waals surface area contributed by atoms with Crippen molar-refractivity contribution in [1.82, 2.24) is 5.32 Å². The Morgan fingerprint density at radius 1 is 1.16 bits per heavy atom. The predicted octanol–water partition coefficient (Wildman–Crippen LogP) is 3.32. The van der Waals surface area contributed by atoms with Crippen LogP contribution in [0, 0.1) is 0 Å². The number of benzene rings is 2. The van der Waals surface area contributed by atoms with Crippen LogP contribution in [-0.2, 0) is 20.6 Å². The standard InChI is InChI=1S/C21H25ClN2O5S2/c1-31(26,27)24(17-7-8-19-20(13-17)29-11-10-28-19)14-21(25)23-9-4-12-30-15-16-5-2-3-6-18(16)22/h2-3,5-8,13H,4,9-12,14-15H2,1H3,(H,23,25). The fourth-order valence-electron chi connectivity index (χ4n) is 2.97. The van der Waals surface area contributed by atoms with Crippen molar-refractivity contribution in [3.63, 3.8) is 0 Å². The highest BCUT2D eigenvalue weighted by Gasteiger charge is 2.23. The first-order valence-corrected chi connectivity index (χ1v) is 13.2. The first-order valence-electron chi connectivity index (χ1n) is 9.80. The lowest BCUT2D eigenvalue weighted by atomic mass is 10.2. The molecule has 1 N–H and O–H groups in total. The highest BCUT2D eigenvalue weighted by Crippen LogP contribution is 2.34. The van der Waals surface area contributed by atoms with Gasteiger partial charge in [-0.25, -0.2) is 8.42 Å². The Bertz CT molecular complexity index is 1020. The molecule has 1 aliphatic heterocycles. The number of amides is 1. The van der Waals surface area contributed by atoms with Gasteiger partial charge in [-0.1, -0.05) is 29.8 Å². The summed E-state index contributed by atoms with van der Waals surface area (Å²) in [4.78, 5) is 12.4. The maximum absolute atomic E-state index is 12.4. The third kappa shape index (κ3) is 6.95. The summed E-state index contributed by atoms with van der Waals surface area (Å²) in [6.45, 7) is 1.00. The first kappa shape index (κ1) is 23.6. The second-order valence-electron chi connectivity index (χ2n) is 6.95. The van der Waals surface area contributed by atoms with Gasteiger partial charge in [0.25, 0.3) is 0 Å². The number of fused-ring (bicyclic) bond motifs is 1. The summed E-state index contributed by atoms with van der Waals surface area (Å²) in [7, 11) is -3.65. The van der Waals surface area contributed by atoms with E-state index in [1.807, 2.05) is 24.3 Å². The molecule has 3 rings (SSSR count). The third-order valence-electron chi connectivity index (χ3n) is 4.50. The molecule has 10 heteroatoms. The third-order valence-corrected chi connectivity index (χ3v) is 7.11. The zero-order chi connectivity index (χ0) is 22.3. The van der Waals surface area contributed by atoms with Gasteiger partial charge in [-0.2, -0.15) is 11.8 Å². The molecule has 2 aromatic rings. The van der Waals surface area contributed by atoms with Crippen LogP contribution >= 0.6 is 23.4 Å². The van der Waals surface area contributed by atoms with Gasteiger partial charge in [0.1, 0.15) is 19.8 Å². The summed E-state index contributed by atoms with van der Waals surface area (Å²) in [5.41, 5.74) is 1.44. The van der Waals surface area contributed by atoms with Crippen molar-refractivity contribution in [2.24, 2.45) is 0 Å². The summed E-state index contributed by atoms with van der Waals surface area (Å²) in [5, 5.41) is 3.54. The SMILES string of the molecule is CS(=O)(=O)N(CC(=O)NCCCSCc1ccccc1Cl)c1ccc2c(c1)OCCO2. The highest BCUT2D eigenvalue weighted by atomic mass is 35.5. The smallest absolute Gasteiger partial charge is 0.240 e. The number of sulfonamides is 1. The van der Waals surface area contributed by atoms with E-state index in [9.17, 15) is 13.2 Å². The molecule has 0 unspecified atom stereocenters. The van der Waals surface area contributed by atoms with Crippen LogP contribution in [0.4, 0.5) is 5.69 Å². The van der Waals surface area contributed by atoms with E-state index < -0.39 is 10.0 Å². The number of nitrogens with zero attached hydrogens (tertiary/aromatic N) is 1. The molecular weight excluding hydrogens is 460 g/mol. The summed E-state index contributed by atoms with van der Waals surface area (Å²) < 4.78 is 36.6. The molecule has 0 aliphatic carbocycles. The van der Waals surface area contributed by atoms with Crippen molar-refractivity contribution in [2.75, 3.05) is 42.6 Å². The maximum atomic E-state index is 12.4. The first-order chi connectivity index (χ1) is 14.8. The van der Waals surface area contributed by atoms with Gasteiger partial charge in [0.2, 0.25) is 15.9 Å². The number of ether oxygens (including phenoxy) is 2. The fraction of sp³-hybridized carbons (Fsp3) is 0.381. The molecule has 0 spiro atoms. The minimum absolute atomic E-state index is 0.300. The number of rotatable bonds is 10. The van der Waals surface area contributed by atoms with E-state index in [1.54, 1.807) is 30.0 Å². The number of halogens is 1. The molecule has 7 nitrogen and oxygen atoms in total. The van der Waals surface area contributed by atoms with E-state index >= 15 is 0 Å². The van der Waals surface area contributed by atoms with Gasteiger partial charge in [0.05, 0.1) is 11.9 Å². The number of thioether (sulfide) groups is 1. The van der Waals surface area contributed by atoms with Crippen LogP contribution in [-0.4, -0.2) is 52.6 Å². The van der Waals surface area contributed by atoms with E-state index in [4.69, 9.17) is 21.1 Å². The fourth-order valence-corrected chi connectivity index (χ4v) is 5.07. The van der Waals surface area contributed by atoms with Gasteiger partial charge in [0, 0.05) is 23.4 Å². The number of carbonyl (C=O) groups is 1. The normalized spacial score (nSPS) is 13.0. The van der Waals surface area contributed by atoms with Gasteiger partial charge in [-0.3, -0.25) is 9.10 Å². The zero-order valence-corrected chi connectivity index (χ0v) is 19.6. The van der Waals surface area contributed by atoms with Crippen molar-refractivity contribution in [1.29, 1.82) is 0 Å². The summed E-state index contributed by atoms with van der Waals surface area (Å²) >= 11 is 7.87. The molecular formula is C21H25ClN2O5S2. The Labute approximate surface area is 192 Å². The van der Waals surface area contributed by atoms with Crippen LogP contribution in [0.2, 0.25) is 5.02 Å². The maximum Gasteiger partial charge on any atom is 0.240 e. The van der Waals surface area contributed by atoms with Gasteiger partial charge in [-0.05, 0) is 35.9 Å². The number of anilines is 1. The lowest BCUT2D eigenvalue weighted by Crippen LogP contribution is -2.40. The molecule has 0 radical (unpaired) electrons. The monoisotopic (exact) mass is 484 g/mol. The van der Waals surface area contributed by atoms with Crippen molar-refractivity contribution in [2.45, 2.75) is 12.2 Å². The van der Waals surface area contributed by atoms with Crippen LogP contribution < -0.4 is 19.1 Å². The molecule has 168 valence electrons. The Morgan fingerprint density at radius 3 is 2.65 bits per heavy atom. The summed E-state index contributed by atoms with van der Waals surface area (Å²) in [6.07, 6.45) is 1.84. The van der Waals surface area contributed by atoms with E-state index in [2.05, 4.69) is 5.32 Å². The molecule has 0 atom stereocenters. The molecule has 0 fully saturated rings. The van der Waals surface area contributed by atoms with E-state index in [0.717, 1.165) is 39.1 Å². The second kappa shape index (κ2) is 11.0. The second-order valence-corrected chi connectivity index (χ2v) is 10.4. The largest absolute Gasteiger partial charge is 0.486 e. The molecule has 1 amide bonds. The molecule has 0 aromatic heterocycles.